The molecule has 0 saturated carbocycles. The molecule has 0 atom stereocenters. The lowest BCUT2D eigenvalue weighted by atomic mass is 10.1. The lowest BCUT2D eigenvalue weighted by Gasteiger charge is -2.09. The monoisotopic (exact) mass is 458 g/mol. The molecular formula is C27H22O7. The summed E-state index contributed by atoms with van der Waals surface area (Å²) in [6.45, 7) is 1.74. The number of ketones is 1. The van der Waals surface area contributed by atoms with E-state index < -0.39 is 11.6 Å². The second-order valence-corrected chi connectivity index (χ2v) is 7.62. The summed E-state index contributed by atoms with van der Waals surface area (Å²) in [5.74, 6) is 0.196. The molecule has 3 aromatic carbocycles. The first kappa shape index (κ1) is 22.8. The molecule has 4 aromatic rings. The molecule has 1 heterocycles. The van der Waals surface area contributed by atoms with Crippen molar-refractivity contribution in [1.29, 1.82) is 0 Å². The number of rotatable bonds is 8. The van der Waals surface area contributed by atoms with E-state index in [0.717, 1.165) is 16.5 Å². The minimum Gasteiger partial charge on any atom is -0.497 e. The molecule has 0 amide bonds. The molecular weight excluding hydrogens is 436 g/mol. The Kier molecular flexibility index (Phi) is 6.73. The van der Waals surface area contributed by atoms with E-state index in [2.05, 4.69) is 0 Å². The van der Waals surface area contributed by atoms with Gasteiger partial charge in [-0.1, -0.05) is 24.3 Å². The largest absolute Gasteiger partial charge is 0.497 e. The first-order chi connectivity index (χ1) is 16.4. The molecule has 0 aliphatic carbocycles. The van der Waals surface area contributed by atoms with E-state index in [1.165, 1.54) is 13.2 Å². The van der Waals surface area contributed by atoms with Gasteiger partial charge in [0.05, 0.1) is 12.7 Å². The highest BCUT2D eigenvalue weighted by atomic mass is 16.5. The number of benzene rings is 3. The van der Waals surface area contributed by atoms with Crippen LogP contribution in [0.2, 0.25) is 0 Å². The molecule has 0 fully saturated rings. The van der Waals surface area contributed by atoms with Gasteiger partial charge in [-0.3, -0.25) is 4.79 Å². The minimum absolute atomic E-state index is 0.255. The fourth-order valence-electron chi connectivity index (χ4n) is 3.39. The van der Waals surface area contributed by atoms with Crippen molar-refractivity contribution in [1.82, 2.24) is 0 Å². The van der Waals surface area contributed by atoms with Gasteiger partial charge in [0.15, 0.2) is 12.4 Å². The van der Waals surface area contributed by atoms with Crippen LogP contribution in [0.1, 0.15) is 31.8 Å². The van der Waals surface area contributed by atoms with Crippen LogP contribution in [0.5, 0.6) is 11.5 Å². The first-order valence-corrected chi connectivity index (χ1v) is 10.5. The lowest BCUT2D eigenvalue weighted by Crippen LogP contribution is -2.14. The van der Waals surface area contributed by atoms with Gasteiger partial charge in [0, 0.05) is 23.1 Å². The predicted molar refractivity (Wildman–Crippen MR) is 126 cm³/mol. The van der Waals surface area contributed by atoms with Gasteiger partial charge in [-0.05, 0) is 54.4 Å². The second kappa shape index (κ2) is 10.0. The SMILES string of the molecule is COc1cccc(C(=O)COC(=O)c2ccc(COc3ccc4c(C)cc(=O)oc4c3)cc2)c1. The van der Waals surface area contributed by atoms with Crippen LogP contribution in [0.4, 0.5) is 0 Å². The lowest BCUT2D eigenvalue weighted by molar-refractivity contribution is 0.0474. The topological polar surface area (TPSA) is 92.0 Å². The van der Waals surface area contributed by atoms with E-state index in [0.29, 0.717) is 28.2 Å². The summed E-state index contributed by atoms with van der Waals surface area (Å²) in [6, 6.07) is 20.1. The van der Waals surface area contributed by atoms with Gasteiger partial charge in [-0.25, -0.2) is 9.59 Å². The van der Waals surface area contributed by atoms with Crippen LogP contribution in [0, 0.1) is 6.92 Å². The van der Waals surface area contributed by atoms with Gasteiger partial charge >= 0.3 is 11.6 Å². The van der Waals surface area contributed by atoms with E-state index in [9.17, 15) is 14.4 Å². The Morgan fingerprint density at radius 3 is 2.44 bits per heavy atom. The number of hydrogen-bond donors (Lipinski definition) is 0. The molecule has 0 spiro atoms. The summed E-state index contributed by atoms with van der Waals surface area (Å²) in [5, 5.41) is 0.847. The molecule has 0 N–H and O–H groups in total. The Labute approximate surface area is 195 Å². The number of methoxy groups -OCH3 is 1. The number of ether oxygens (including phenoxy) is 3. The van der Waals surface area contributed by atoms with Crippen molar-refractivity contribution in [2.75, 3.05) is 13.7 Å². The van der Waals surface area contributed by atoms with Crippen molar-refractivity contribution >= 4 is 22.7 Å². The van der Waals surface area contributed by atoms with Crippen LogP contribution < -0.4 is 15.1 Å². The summed E-state index contributed by atoms with van der Waals surface area (Å²) in [6.07, 6.45) is 0. The molecule has 1 aromatic heterocycles. The van der Waals surface area contributed by atoms with Crippen molar-refractivity contribution in [2.45, 2.75) is 13.5 Å². The van der Waals surface area contributed by atoms with E-state index in [1.807, 2.05) is 13.0 Å². The van der Waals surface area contributed by atoms with Crippen LogP contribution >= 0.6 is 0 Å². The van der Waals surface area contributed by atoms with E-state index in [1.54, 1.807) is 60.7 Å². The Hall–Kier alpha value is -4.39. The molecule has 172 valence electrons. The van der Waals surface area contributed by atoms with Gasteiger partial charge in [0.25, 0.3) is 0 Å². The molecule has 0 unspecified atom stereocenters. The molecule has 34 heavy (non-hydrogen) atoms. The van der Waals surface area contributed by atoms with Crippen LogP contribution in [0.15, 0.2) is 82.0 Å². The highest BCUT2D eigenvalue weighted by Gasteiger charge is 2.13. The zero-order valence-electron chi connectivity index (χ0n) is 18.7. The normalized spacial score (nSPS) is 10.6. The Morgan fingerprint density at radius 2 is 1.68 bits per heavy atom. The van der Waals surface area contributed by atoms with Crippen LogP contribution in [0.3, 0.4) is 0 Å². The van der Waals surface area contributed by atoms with Crippen molar-refractivity contribution in [3.05, 3.63) is 105 Å². The number of aryl methyl sites for hydroxylation is 1. The molecule has 0 aliphatic heterocycles. The zero-order chi connectivity index (χ0) is 24.1. The molecule has 7 nitrogen and oxygen atoms in total. The third-order valence-electron chi connectivity index (χ3n) is 5.24. The molecule has 0 saturated heterocycles. The van der Waals surface area contributed by atoms with Crippen molar-refractivity contribution in [3.63, 3.8) is 0 Å². The quantitative estimate of drug-likeness (QED) is 0.214. The van der Waals surface area contributed by atoms with E-state index >= 15 is 0 Å². The average Bonchev–Trinajstić information content (AvgIpc) is 2.85. The smallest absolute Gasteiger partial charge is 0.338 e. The number of carbonyl (C=O) groups is 2. The van der Waals surface area contributed by atoms with Gasteiger partial charge < -0.3 is 18.6 Å². The van der Waals surface area contributed by atoms with Crippen molar-refractivity contribution < 1.29 is 28.2 Å². The Bertz CT molecular complexity index is 1400. The highest BCUT2D eigenvalue weighted by Crippen LogP contribution is 2.23. The Balaban J connectivity index is 1.33. The third-order valence-corrected chi connectivity index (χ3v) is 5.24. The number of Topliss-reactive ketones (excluding diaryl/α,β-unsaturated/α-hetero) is 1. The molecule has 0 bridgehead atoms. The summed E-state index contributed by atoms with van der Waals surface area (Å²) >= 11 is 0. The van der Waals surface area contributed by atoms with Crippen molar-refractivity contribution in [2.24, 2.45) is 0 Å². The minimum atomic E-state index is -0.594. The fourth-order valence-corrected chi connectivity index (χ4v) is 3.39. The van der Waals surface area contributed by atoms with E-state index in [4.69, 9.17) is 18.6 Å². The predicted octanol–water partition coefficient (Wildman–Crippen LogP) is 4.73. The number of hydrogen-bond acceptors (Lipinski definition) is 7. The van der Waals surface area contributed by atoms with Gasteiger partial charge in [-0.2, -0.15) is 0 Å². The van der Waals surface area contributed by atoms with Crippen molar-refractivity contribution in [3.8, 4) is 11.5 Å². The number of carbonyl (C=O) groups excluding carboxylic acids is 2. The summed E-state index contributed by atoms with van der Waals surface area (Å²) < 4.78 is 21.3. The zero-order valence-corrected chi connectivity index (χ0v) is 18.7. The van der Waals surface area contributed by atoms with Gasteiger partial charge in [-0.15, -0.1) is 0 Å². The van der Waals surface area contributed by atoms with Gasteiger partial charge in [0.1, 0.15) is 23.7 Å². The number of fused-ring (bicyclic) bond motifs is 1. The molecule has 4 rings (SSSR count). The van der Waals surface area contributed by atoms with Crippen LogP contribution in [-0.4, -0.2) is 25.5 Å². The molecule has 7 heteroatoms. The highest BCUT2D eigenvalue weighted by molar-refractivity contribution is 5.99. The first-order valence-electron chi connectivity index (χ1n) is 10.5. The standard InChI is InChI=1S/C27H22O7/c1-17-12-26(29)34-25-14-22(10-11-23(17)25)32-15-18-6-8-19(9-7-18)27(30)33-16-24(28)20-4-3-5-21(13-20)31-2/h3-14H,15-16H2,1-2H3. The number of esters is 1. The second-order valence-electron chi connectivity index (χ2n) is 7.62. The van der Waals surface area contributed by atoms with Gasteiger partial charge in [0.2, 0.25) is 0 Å². The van der Waals surface area contributed by atoms with Crippen LogP contribution in [-0.2, 0) is 11.3 Å². The Morgan fingerprint density at radius 1 is 0.882 bits per heavy atom. The molecule has 0 aliphatic rings. The molecule has 0 radical (unpaired) electrons. The third kappa shape index (κ3) is 5.32. The summed E-state index contributed by atoms with van der Waals surface area (Å²) in [4.78, 5) is 36.2. The van der Waals surface area contributed by atoms with E-state index in [-0.39, 0.29) is 19.0 Å². The fraction of sp³-hybridized carbons (Fsp3) is 0.148. The summed E-state index contributed by atoms with van der Waals surface area (Å²) in [7, 11) is 1.51. The summed E-state index contributed by atoms with van der Waals surface area (Å²) in [5.41, 5.74) is 2.45. The average molecular weight is 458 g/mol. The maximum Gasteiger partial charge on any atom is 0.338 e. The maximum atomic E-state index is 12.3. The maximum absolute atomic E-state index is 12.3. The van der Waals surface area contributed by atoms with Crippen LogP contribution in [0.25, 0.3) is 11.0 Å².